The van der Waals surface area contributed by atoms with Crippen LogP contribution in [-0.4, -0.2) is 39.4 Å². The van der Waals surface area contributed by atoms with Gasteiger partial charge in [0.05, 0.1) is 13.0 Å². The van der Waals surface area contributed by atoms with Crippen LogP contribution in [0, 0.1) is 0 Å². The third-order valence-corrected chi connectivity index (χ3v) is 3.52. The van der Waals surface area contributed by atoms with Gasteiger partial charge in [-0.05, 0) is 19.1 Å². The van der Waals surface area contributed by atoms with Crippen LogP contribution in [-0.2, 0) is 9.59 Å². The molecule has 0 bridgehead atoms. The van der Waals surface area contributed by atoms with Gasteiger partial charge < -0.3 is 0 Å². The molecule has 0 radical (unpaired) electrons. The normalized spacial score (nSPS) is 19.7. The fourth-order valence-electron chi connectivity index (χ4n) is 1.86. The first-order valence-corrected chi connectivity index (χ1v) is 7.02. The van der Waals surface area contributed by atoms with Gasteiger partial charge in [-0.15, -0.1) is 0 Å². The summed E-state index contributed by atoms with van der Waals surface area (Å²) in [5.74, 6) is 1.16. The van der Waals surface area contributed by atoms with E-state index in [0.717, 1.165) is 18.7 Å². The second-order valence-electron chi connectivity index (χ2n) is 4.45. The molecule has 1 amide bonds. The molecule has 7 heteroatoms. The maximum Gasteiger partial charge on any atom is 0.237 e. The largest absolute Gasteiger partial charge is 0.297 e. The van der Waals surface area contributed by atoms with Gasteiger partial charge in [0.2, 0.25) is 11.9 Å². The van der Waals surface area contributed by atoms with Crippen molar-refractivity contribution in [3.63, 3.8) is 0 Å². The number of anilines is 1. The number of carbonyl (C=O) groups is 2. The van der Waals surface area contributed by atoms with E-state index in [1.165, 1.54) is 16.7 Å². The van der Waals surface area contributed by atoms with Gasteiger partial charge in [0.25, 0.3) is 0 Å². The maximum absolute atomic E-state index is 11.7. The molecule has 3 rings (SSSR count). The topological polar surface area (TPSA) is 76.1 Å². The SMILES string of the molecule is CSc1nc(C2CC2)nc(N2CC(=O)CC2=O)n1. The smallest absolute Gasteiger partial charge is 0.237 e. The van der Waals surface area contributed by atoms with E-state index < -0.39 is 0 Å². The number of aromatic nitrogens is 3. The molecule has 2 fully saturated rings. The number of carbonyl (C=O) groups excluding carboxylic acids is 2. The average molecular weight is 264 g/mol. The van der Waals surface area contributed by atoms with Crippen molar-refractivity contribution in [2.45, 2.75) is 30.3 Å². The van der Waals surface area contributed by atoms with E-state index in [1.54, 1.807) is 0 Å². The average Bonchev–Trinajstić information content (AvgIpc) is 3.14. The lowest BCUT2D eigenvalue weighted by Gasteiger charge is -2.13. The van der Waals surface area contributed by atoms with Crippen molar-refractivity contribution in [3.8, 4) is 0 Å². The standard InChI is InChI=1S/C11H12N4O2S/c1-18-11-13-9(6-2-3-6)12-10(14-11)15-5-7(16)4-8(15)17/h6H,2-5H2,1H3. The summed E-state index contributed by atoms with van der Waals surface area (Å²) in [6.45, 7) is 0.0841. The van der Waals surface area contributed by atoms with Gasteiger partial charge in [0, 0.05) is 5.92 Å². The molecule has 94 valence electrons. The molecule has 1 aromatic heterocycles. The Morgan fingerprint density at radius 2 is 2.00 bits per heavy atom. The van der Waals surface area contributed by atoms with Crippen molar-refractivity contribution in [1.29, 1.82) is 0 Å². The summed E-state index contributed by atoms with van der Waals surface area (Å²) >= 11 is 1.42. The lowest BCUT2D eigenvalue weighted by Crippen LogP contribution is -2.27. The van der Waals surface area contributed by atoms with Crippen LogP contribution in [0.15, 0.2) is 5.16 Å². The molecule has 1 aliphatic carbocycles. The van der Waals surface area contributed by atoms with E-state index in [0.29, 0.717) is 17.0 Å². The highest BCUT2D eigenvalue weighted by molar-refractivity contribution is 7.98. The predicted octanol–water partition coefficient (Wildman–Crippen LogP) is 0.777. The van der Waals surface area contributed by atoms with E-state index in [-0.39, 0.29) is 24.7 Å². The molecule has 2 aliphatic rings. The number of Topliss-reactive ketones (excluding diaryl/α,β-unsaturated/α-hetero) is 1. The van der Waals surface area contributed by atoms with Crippen LogP contribution in [0.25, 0.3) is 0 Å². The summed E-state index contributed by atoms with van der Waals surface area (Å²) in [5, 5.41) is 0.606. The minimum absolute atomic E-state index is 0.0426. The highest BCUT2D eigenvalue weighted by Gasteiger charge is 2.33. The monoisotopic (exact) mass is 264 g/mol. The van der Waals surface area contributed by atoms with Gasteiger partial charge in [0.1, 0.15) is 5.82 Å². The van der Waals surface area contributed by atoms with E-state index in [1.807, 2.05) is 6.26 Å². The third kappa shape index (κ3) is 2.10. The number of hydrogen-bond donors (Lipinski definition) is 0. The van der Waals surface area contributed by atoms with Gasteiger partial charge in [-0.3, -0.25) is 14.5 Å². The Hall–Kier alpha value is -1.50. The highest BCUT2D eigenvalue weighted by atomic mass is 32.2. The molecule has 0 aromatic carbocycles. The second kappa shape index (κ2) is 4.31. The lowest BCUT2D eigenvalue weighted by atomic mass is 10.3. The number of amides is 1. The van der Waals surface area contributed by atoms with Crippen molar-refractivity contribution in [2.75, 3.05) is 17.7 Å². The molecule has 2 heterocycles. The first-order valence-electron chi connectivity index (χ1n) is 5.79. The predicted molar refractivity (Wildman–Crippen MR) is 65.6 cm³/mol. The zero-order valence-electron chi connectivity index (χ0n) is 9.92. The third-order valence-electron chi connectivity index (χ3n) is 2.97. The van der Waals surface area contributed by atoms with Gasteiger partial charge in [-0.25, -0.2) is 4.98 Å². The Labute approximate surface area is 108 Å². The van der Waals surface area contributed by atoms with Crippen molar-refractivity contribution < 1.29 is 9.59 Å². The molecular formula is C11H12N4O2S. The number of ketones is 1. The second-order valence-corrected chi connectivity index (χ2v) is 5.22. The molecule has 0 unspecified atom stereocenters. The van der Waals surface area contributed by atoms with Gasteiger partial charge in [-0.2, -0.15) is 9.97 Å². The van der Waals surface area contributed by atoms with Crippen molar-refractivity contribution in [3.05, 3.63) is 5.82 Å². The van der Waals surface area contributed by atoms with Crippen LogP contribution >= 0.6 is 11.8 Å². The fourth-order valence-corrected chi connectivity index (χ4v) is 2.22. The summed E-state index contributed by atoms with van der Waals surface area (Å²) in [5.41, 5.74) is 0. The molecular weight excluding hydrogens is 252 g/mol. The number of thioether (sulfide) groups is 1. The van der Waals surface area contributed by atoms with Gasteiger partial charge >= 0.3 is 0 Å². The Morgan fingerprint density at radius 3 is 2.56 bits per heavy atom. The summed E-state index contributed by atoms with van der Waals surface area (Å²) in [6.07, 6.45) is 4.01. The van der Waals surface area contributed by atoms with Crippen LogP contribution in [0.4, 0.5) is 5.95 Å². The van der Waals surface area contributed by atoms with Crippen molar-refractivity contribution >= 4 is 29.4 Å². The molecule has 1 saturated carbocycles. The molecule has 18 heavy (non-hydrogen) atoms. The molecule has 0 N–H and O–H groups in total. The fraction of sp³-hybridized carbons (Fsp3) is 0.545. The van der Waals surface area contributed by atoms with E-state index >= 15 is 0 Å². The lowest BCUT2D eigenvalue weighted by molar-refractivity contribution is -0.121. The molecule has 0 spiro atoms. The zero-order chi connectivity index (χ0) is 12.7. The molecule has 6 nitrogen and oxygen atoms in total. The summed E-state index contributed by atoms with van der Waals surface area (Å²) in [6, 6.07) is 0. The zero-order valence-corrected chi connectivity index (χ0v) is 10.7. The Kier molecular flexibility index (Phi) is 2.77. The first kappa shape index (κ1) is 11.6. The first-order chi connectivity index (χ1) is 8.67. The van der Waals surface area contributed by atoms with E-state index in [9.17, 15) is 9.59 Å². The van der Waals surface area contributed by atoms with E-state index in [2.05, 4.69) is 15.0 Å². The number of hydrogen-bond acceptors (Lipinski definition) is 6. The Bertz CT molecular complexity index is 530. The van der Waals surface area contributed by atoms with Gasteiger partial charge in [0.15, 0.2) is 10.9 Å². The van der Waals surface area contributed by atoms with Crippen molar-refractivity contribution in [1.82, 2.24) is 15.0 Å². The minimum atomic E-state index is -0.222. The summed E-state index contributed by atoms with van der Waals surface area (Å²) in [4.78, 5) is 37.2. The number of rotatable bonds is 3. The highest BCUT2D eigenvalue weighted by Crippen LogP contribution is 2.38. The quantitative estimate of drug-likeness (QED) is 0.593. The van der Waals surface area contributed by atoms with Crippen LogP contribution in [0.2, 0.25) is 0 Å². The van der Waals surface area contributed by atoms with Gasteiger partial charge in [-0.1, -0.05) is 11.8 Å². The van der Waals surface area contributed by atoms with E-state index in [4.69, 9.17) is 0 Å². The summed E-state index contributed by atoms with van der Waals surface area (Å²) < 4.78 is 0. The van der Waals surface area contributed by atoms with Crippen LogP contribution in [0.3, 0.4) is 0 Å². The molecule has 0 atom stereocenters. The maximum atomic E-state index is 11.7. The van der Waals surface area contributed by atoms with Crippen LogP contribution in [0.5, 0.6) is 0 Å². The summed E-state index contributed by atoms with van der Waals surface area (Å²) in [7, 11) is 0. The van der Waals surface area contributed by atoms with Crippen LogP contribution < -0.4 is 4.90 Å². The molecule has 1 aromatic rings. The number of nitrogens with zero attached hydrogens (tertiary/aromatic N) is 4. The minimum Gasteiger partial charge on any atom is -0.297 e. The van der Waals surface area contributed by atoms with Crippen molar-refractivity contribution in [2.24, 2.45) is 0 Å². The Balaban J connectivity index is 1.97. The molecule has 1 aliphatic heterocycles. The Morgan fingerprint density at radius 1 is 1.22 bits per heavy atom. The molecule has 1 saturated heterocycles. The van der Waals surface area contributed by atoms with Crippen LogP contribution in [0.1, 0.15) is 31.0 Å².